The minimum absolute atomic E-state index is 0.0443. The summed E-state index contributed by atoms with van der Waals surface area (Å²) in [6.07, 6.45) is 1.31. The third-order valence-corrected chi connectivity index (χ3v) is 4.00. The second-order valence-corrected chi connectivity index (χ2v) is 5.91. The molecule has 0 saturated carbocycles. The van der Waals surface area contributed by atoms with Crippen molar-refractivity contribution >= 4 is 28.9 Å². The van der Waals surface area contributed by atoms with Crippen molar-refractivity contribution in [3.05, 3.63) is 58.4 Å². The summed E-state index contributed by atoms with van der Waals surface area (Å²) < 4.78 is 18.7. The first-order chi connectivity index (χ1) is 12.9. The standard InChI is InChI=1S/C18H16FN3O5/c19-15-7-6-12(9-16(15)22(25)26)20-17(23)11-27-14-4-1-3-13(10-14)21-8-2-5-18(21)24/h1,3-4,6-7,9-10H,2,5,8,11H2,(H,20,23). The number of nitrogens with zero attached hydrogens (tertiary/aromatic N) is 2. The Morgan fingerprint density at radius 3 is 2.81 bits per heavy atom. The second kappa shape index (κ2) is 7.81. The van der Waals surface area contributed by atoms with Crippen LogP contribution in [0.5, 0.6) is 5.75 Å². The maximum atomic E-state index is 13.3. The zero-order valence-corrected chi connectivity index (χ0v) is 14.2. The van der Waals surface area contributed by atoms with Crippen LogP contribution in [0.25, 0.3) is 0 Å². The molecule has 8 nitrogen and oxygen atoms in total. The zero-order chi connectivity index (χ0) is 19.4. The van der Waals surface area contributed by atoms with Crippen molar-refractivity contribution in [3.63, 3.8) is 0 Å². The number of amides is 2. The van der Waals surface area contributed by atoms with Crippen LogP contribution >= 0.6 is 0 Å². The van der Waals surface area contributed by atoms with Crippen molar-refractivity contribution < 1.29 is 23.6 Å². The summed E-state index contributed by atoms with van der Waals surface area (Å²) in [7, 11) is 0. The number of carbonyl (C=O) groups is 2. The zero-order valence-electron chi connectivity index (χ0n) is 14.2. The summed E-state index contributed by atoms with van der Waals surface area (Å²) in [5.74, 6) is -1.09. The Morgan fingerprint density at radius 2 is 2.11 bits per heavy atom. The number of halogens is 1. The lowest BCUT2D eigenvalue weighted by molar-refractivity contribution is -0.387. The first-order valence-electron chi connectivity index (χ1n) is 8.21. The number of nitro benzene ring substituents is 1. The van der Waals surface area contributed by atoms with Gasteiger partial charge in [-0.25, -0.2) is 0 Å². The molecule has 1 fully saturated rings. The van der Waals surface area contributed by atoms with Gasteiger partial charge in [0.25, 0.3) is 5.91 Å². The highest BCUT2D eigenvalue weighted by Gasteiger charge is 2.22. The number of rotatable bonds is 6. The van der Waals surface area contributed by atoms with E-state index in [1.807, 2.05) is 0 Å². The number of nitro groups is 1. The maximum Gasteiger partial charge on any atom is 0.306 e. The SMILES string of the molecule is O=C(COc1cccc(N2CCCC2=O)c1)Nc1ccc(F)c([N+](=O)[O-])c1. The van der Waals surface area contributed by atoms with Gasteiger partial charge < -0.3 is 15.0 Å². The van der Waals surface area contributed by atoms with Gasteiger partial charge in [0.1, 0.15) is 5.75 Å². The van der Waals surface area contributed by atoms with Crippen molar-refractivity contribution in [3.8, 4) is 5.75 Å². The molecule has 0 aromatic heterocycles. The Morgan fingerprint density at radius 1 is 1.30 bits per heavy atom. The number of hydrogen-bond donors (Lipinski definition) is 1. The fourth-order valence-corrected chi connectivity index (χ4v) is 2.74. The van der Waals surface area contributed by atoms with E-state index >= 15 is 0 Å². The Kier molecular flexibility index (Phi) is 5.30. The Balaban J connectivity index is 1.60. The average molecular weight is 373 g/mol. The van der Waals surface area contributed by atoms with Crippen molar-refractivity contribution in [2.45, 2.75) is 12.8 Å². The Labute approximate surface area is 153 Å². The minimum atomic E-state index is -0.984. The van der Waals surface area contributed by atoms with Gasteiger partial charge in [-0.15, -0.1) is 0 Å². The van der Waals surface area contributed by atoms with E-state index in [1.54, 1.807) is 29.2 Å². The Bertz CT molecular complexity index is 902. The van der Waals surface area contributed by atoms with E-state index in [-0.39, 0.29) is 18.2 Å². The molecule has 1 aliphatic heterocycles. The molecule has 3 rings (SSSR count). The molecule has 9 heteroatoms. The van der Waals surface area contributed by atoms with E-state index in [0.717, 1.165) is 18.6 Å². The van der Waals surface area contributed by atoms with E-state index < -0.39 is 22.3 Å². The topological polar surface area (TPSA) is 102 Å². The lowest BCUT2D eigenvalue weighted by Crippen LogP contribution is -2.24. The lowest BCUT2D eigenvalue weighted by Gasteiger charge is -2.16. The fraction of sp³-hybridized carbons (Fsp3) is 0.222. The molecular weight excluding hydrogens is 357 g/mol. The number of hydrogen-bond acceptors (Lipinski definition) is 5. The maximum absolute atomic E-state index is 13.3. The normalized spacial score (nSPS) is 13.5. The first-order valence-corrected chi connectivity index (χ1v) is 8.21. The predicted molar refractivity (Wildman–Crippen MR) is 95.2 cm³/mol. The molecule has 140 valence electrons. The van der Waals surface area contributed by atoms with Gasteiger partial charge in [0.2, 0.25) is 11.7 Å². The summed E-state index contributed by atoms with van der Waals surface area (Å²) >= 11 is 0. The molecule has 1 heterocycles. The molecule has 1 saturated heterocycles. The predicted octanol–water partition coefficient (Wildman–Crippen LogP) is 2.88. The molecule has 0 aliphatic carbocycles. The van der Waals surface area contributed by atoms with Crippen LogP contribution in [0.1, 0.15) is 12.8 Å². The van der Waals surface area contributed by atoms with E-state index in [4.69, 9.17) is 4.74 Å². The molecule has 0 radical (unpaired) electrons. The van der Waals surface area contributed by atoms with Crippen LogP contribution in [-0.2, 0) is 9.59 Å². The first kappa shape index (κ1) is 18.3. The van der Waals surface area contributed by atoms with Crippen molar-refractivity contribution in [1.29, 1.82) is 0 Å². The van der Waals surface area contributed by atoms with Crippen LogP contribution in [-0.4, -0.2) is 29.9 Å². The molecule has 0 unspecified atom stereocenters. The van der Waals surface area contributed by atoms with Crippen molar-refractivity contribution in [1.82, 2.24) is 0 Å². The van der Waals surface area contributed by atoms with Gasteiger partial charge in [-0.05, 0) is 30.7 Å². The molecule has 1 N–H and O–H groups in total. The molecule has 0 bridgehead atoms. The minimum Gasteiger partial charge on any atom is -0.484 e. The van der Waals surface area contributed by atoms with Gasteiger partial charge in [0, 0.05) is 36.5 Å². The van der Waals surface area contributed by atoms with Gasteiger partial charge in [-0.1, -0.05) is 6.07 Å². The van der Waals surface area contributed by atoms with E-state index in [1.165, 1.54) is 6.07 Å². The van der Waals surface area contributed by atoms with E-state index in [2.05, 4.69) is 5.32 Å². The highest BCUT2D eigenvalue weighted by molar-refractivity contribution is 5.95. The van der Waals surface area contributed by atoms with Crippen molar-refractivity contribution in [2.24, 2.45) is 0 Å². The third kappa shape index (κ3) is 4.38. The summed E-state index contributed by atoms with van der Waals surface area (Å²) in [5, 5.41) is 13.1. The van der Waals surface area contributed by atoms with E-state index in [0.29, 0.717) is 24.4 Å². The molecular formula is C18H16FN3O5. The average Bonchev–Trinajstić information content (AvgIpc) is 3.07. The molecule has 2 aromatic carbocycles. The molecule has 0 atom stereocenters. The highest BCUT2D eigenvalue weighted by atomic mass is 19.1. The van der Waals surface area contributed by atoms with Crippen LogP contribution in [0.3, 0.4) is 0 Å². The largest absolute Gasteiger partial charge is 0.484 e. The molecule has 1 aliphatic rings. The fourth-order valence-electron chi connectivity index (χ4n) is 2.74. The van der Waals surface area contributed by atoms with Crippen LogP contribution in [0.2, 0.25) is 0 Å². The van der Waals surface area contributed by atoms with Gasteiger partial charge in [0.05, 0.1) is 4.92 Å². The van der Waals surface area contributed by atoms with Gasteiger partial charge in [-0.3, -0.25) is 19.7 Å². The Hall–Kier alpha value is -3.49. The van der Waals surface area contributed by atoms with Crippen LogP contribution in [0.4, 0.5) is 21.5 Å². The molecule has 27 heavy (non-hydrogen) atoms. The highest BCUT2D eigenvalue weighted by Crippen LogP contribution is 2.25. The number of nitrogens with one attached hydrogen (secondary N) is 1. The van der Waals surface area contributed by atoms with Crippen LogP contribution in [0, 0.1) is 15.9 Å². The van der Waals surface area contributed by atoms with Gasteiger partial charge >= 0.3 is 5.69 Å². The quantitative estimate of drug-likeness (QED) is 0.620. The smallest absolute Gasteiger partial charge is 0.306 e. The molecule has 2 amide bonds. The summed E-state index contributed by atoms with van der Waals surface area (Å²) in [6.45, 7) is 0.300. The van der Waals surface area contributed by atoms with Gasteiger partial charge in [0.15, 0.2) is 6.61 Å². The summed E-state index contributed by atoms with van der Waals surface area (Å²) in [6, 6.07) is 9.89. The molecule has 2 aromatic rings. The second-order valence-electron chi connectivity index (χ2n) is 5.91. The lowest BCUT2D eigenvalue weighted by atomic mass is 10.2. The summed E-state index contributed by atoms with van der Waals surface area (Å²) in [4.78, 5) is 35.3. The van der Waals surface area contributed by atoms with Crippen LogP contribution < -0.4 is 15.0 Å². The number of anilines is 2. The summed E-state index contributed by atoms with van der Waals surface area (Å²) in [5.41, 5.74) is 0.0642. The van der Waals surface area contributed by atoms with Crippen LogP contribution in [0.15, 0.2) is 42.5 Å². The monoisotopic (exact) mass is 373 g/mol. The van der Waals surface area contributed by atoms with Gasteiger partial charge in [-0.2, -0.15) is 4.39 Å². The number of carbonyl (C=O) groups excluding carboxylic acids is 2. The third-order valence-electron chi connectivity index (χ3n) is 4.00. The molecule has 0 spiro atoms. The number of ether oxygens (including phenoxy) is 1. The van der Waals surface area contributed by atoms with E-state index in [9.17, 15) is 24.1 Å². The number of benzene rings is 2. The van der Waals surface area contributed by atoms with Crippen molar-refractivity contribution in [2.75, 3.05) is 23.4 Å².